The van der Waals surface area contributed by atoms with Crippen molar-refractivity contribution in [1.29, 1.82) is 0 Å². The van der Waals surface area contributed by atoms with Crippen molar-refractivity contribution in [3.8, 4) is 5.75 Å². The lowest BCUT2D eigenvalue weighted by atomic mass is 9.83. The Morgan fingerprint density at radius 2 is 1.50 bits per heavy atom. The van der Waals surface area contributed by atoms with Crippen LogP contribution in [0.2, 0.25) is 0 Å². The van der Waals surface area contributed by atoms with Crippen molar-refractivity contribution in [3.05, 3.63) is 97.8 Å². The number of piperidine rings is 2. The Bertz CT molecular complexity index is 1700. The molecule has 2 fully saturated rings. The zero-order valence-electron chi connectivity index (χ0n) is 25.2. The number of benzene rings is 1. The highest BCUT2D eigenvalue weighted by Gasteiger charge is 2.36. The molecule has 0 radical (unpaired) electrons. The molecule has 0 saturated carbocycles. The Labute approximate surface area is 256 Å². The second-order valence-electron chi connectivity index (χ2n) is 13.0. The van der Waals surface area contributed by atoms with Gasteiger partial charge in [-0.25, -0.2) is 5.43 Å². The number of pyridine rings is 2. The lowest BCUT2D eigenvalue weighted by Crippen LogP contribution is -2.49. The van der Waals surface area contributed by atoms with Gasteiger partial charge in [0.2, 0.25) is 0 Å². The topological polar surface area (TPSA) is 101 Å². The molecule has 7 rings (SSSR count). The van der Waals surface area contributed by atoms with E-state index >= 15 is 0 Å². The monoisotopic (exact) mass is 596 g/mol. The summed E-state index contributed by atoms with van der Waals surface area (Å²) in [6.45, 7) is 6.24. The molecule has 0 spiro atoms. The van der Waals surface area contributed by atoms with Gasteiger partial charge in [-0.15, -0.1) is 0 Å². The van der Waals surface area contributed by atoms with E-state index in [-0.39, 0.29) is 29.5 Å². The van der Waals surface area contributed by atoms with Gasteiger partial charge in [0, 0.05) is 81.2 Å². The summed E-state index contributed by atoms with van der Waals surface area (Å²) in [7, 11) is 1.69. The summed E-state index contributed by atoms with van der Waals surface area (Å²) in [5.41, 5.74) is 7.15. The van der Waals surface area contributed by atoms with Crippen LogP contribution in [-0.2, 0) is 24.3 Å². The highest BCUT2D eigenvalue weighted by molar-refractivity contribution is 5.83. The van der Waals surface area contributed by atoms with Crippen molar-refractivity contribution in [3.63, 3.8) is 0 Å². The molecule has 1 aromatic carbocycles. The number of carbonyl (C=O) groups excluding carboxylic acids is 1. The average molecular weight is 597 g/mol. The van der Waals surface area contributed by atoms with E-state index in [1.807, 2.05) is 39.5 Å². The molecule has 10 nitrogen and oxygen atoms in total. The van der Waals surface area contributed by atoms with Gasteiger partial charge in [0.1, 0.15) is 5.75 Å². The minimum absolute atomic E-state index is 0.0680. The van der Waals surface area contributed by atoms with Gasteiger partial charge in [-0.2, -0.15) is 5.10 Å². The Morgan fingerprint density at radius 3 is 2.16 bits per heavy atom. The third-order valence-corrected chi connectivity index (χ3v) is 9.88. The molecule has 6 heterocycles. The van der Waals surface area contributed by atoms with Crippen molar-refractivity contribution in [2.75, 3.05) is 46.4 Å². The van der Waals surface area contributed by atoms with E-state index in [1.165, 1.54) is 5.69 Å². The number of fused-ring (bicyclic) bond motifs is 8. The SMILES string of the molecule is COc1ccc(/C=N\NC(=O)CN2C[C@@H]3C[C@@H](C2)c2cccc(=O)n2C3)cc1CCN1C[C@H]2C[C@H](C1)c1cccc(=O)n1C2. The summed E-state index contributed by atoms with van der Waals surface area (Å²) in [6.07, 6.45) is 4.74. The van der Waals surface area contributed by atoms with Crippen LogP contribution < -0.4 is 21.3 Å². The van der Waals surface area contributed by atoms with Crippen LogP contribution in [0, 0.1) is 11.8 Å². The summed E-state index contributed by atoms with van der Waals surface area (Å²) in [5.74, 6) is 2.25. The largest absolute Gasteiger partial charge is 0.496 e. The van der Waals surface area contributed by atoms with E-state index in [0.717, 1.165) is 87.6 Å². The minimum atomic E-state index is -0.139. The molecular formula is C34H40N6O4. The highest BCUT2D eigenvalue weighted by Crippen LogP contribution is 2.36. The first kappa shape index (κ1) is 28.7. The number of carbonyl (C=O) groups is 1. The van der Waals surface area contributed by atoms with Gasteiger partial charge in [0.15, 0.2) is 0 Å². The minimum Gasteiger partial charge on any atom is -0.496 e. The normalized spacial score (nSPS) is 24.5. The number of methoxy groups -OCH3 is 1. The number of hydrogen-bond donors (Lipinski definition) is 1. The second-order valence-corrected chi connectivity index (χ2v) is 13.0. The standard InChI is InChI=1S/C34H40N6O4/c1-44-31-9-8-23(12-26(31)10-11-37-16-24-13-27(20-37)29-4-2-6-33(42)39(29)18-24)15-35-36-32(41)22-38-17-25-14-28(21-38)30-5-3-7-34(43)40(30)19-25/h2-9,12,15,24-25,27-28H,10-11,13-14,16-22H2,1H3,(H,36,41)/b35-15-/t24-,25+,27-,28+/m1/s1. The fraction of sp³-hybridized carbons (Fsp3) is 0.471. The predicted octanol–water partition coefficient (Wildman–Crippen LogP) is 2.25. The average Bonchev–Trinajstić information content (AvgIpc) is 3.01. The molecule has 4 aliphatic rings. The molecule has 44 heavy (non-hydrogen) atoms. The Kier molecular flexibility index (Phi) is 7.95. The number of ether oxygens (including phenoxy) is 1. The fourth-order valence-corrected chi connectivity index (χ4v) is 8.07. The van der Waals surface area contributed by atoms with E-state index in [9.17, 15) is 14.4 Å². The smallest absolute Gasteiger partial charge is 0.254 e. The van der Waals surface area contributed by atoms with E-state index in [4.69, 9.17) is 4.74 Å². The number of amides is 1. The summed E-state index contributed by atoms with van der Waals surface area (Å²) >= 11 is 0. The van der Waals surface area contributed by atoms with Crippen LogP contribution in [0.25, 0.3) is 0 Å². The van der Waals surface area contributed by atoms with Gasteiger partial charge in [0.05, 0.1) is 19.9 Å². The Morgan fingerprint density at radius 1 is 0.864 bits per heavy atom. The number of aromatic nitrogens is 2. The van der Waals surface area contributed by atoms with Crippen LogP contribution in [0.3, 0.4) is 0 Å². The summed E-state index contributed by atoms with van der Waals surface area (Å²) < 4.78 is 9.55. The summed E-state index contributed by atoms with van der Waals surface area (Å²) in [6, 6.07) is 17.2. The number of likely N-dealkylation sites (tertiary alicyclic amines) is 2. The molecule has 2 aromatic heterocycles. The molecule has 3 aromatic rings. The first-order chi connectivity index (χ1) is 21.4. The van der Waals surface area contributed by atoms with Gasteiger partial charge in [-0.3, -0.25) is 19.3 Å². The Hall–Kier alpha value is -4.02. The maximum atomic E-state index is 12.8. The van der Waals surface area contributed by atoms with Gasteiger partial charge in [0.25, 0.3) is 17.0 Å². The molecule has 1 N–H and O–H groups in total. The molecule has 10 heteroatoms. The number of rotatable bonds is 8. The maximum absolute atomic E-state index is 12.8. The first-order valence-corrected chi connectivity index (χ1v) is 15.8. The quantitative estimate of drug-likeness (QED) is 0.316. The van der Waals surface area contributed by atoms with Crippen LogP contribution in [0.1, 0.15) is 47.2 Å². The van der Waals surface area contributed by atoms with E-state index in [0.29, 0.717) is 17.8 Å². The molecule has 0 unspecified atom stereocenters. The second kappa shape index (κ2) is 12.2. The van der Waals surface area contributed by atoms with Crippen LogP contribution in [0.4, 0.5) is 0 Å². The van der Waals surface area contributed by atoms with Gasteiger partial charge < -0.3 is 18.8 Å². The van der Waals surface area contributed by atoms with E-state index in [1.54, 1.807) is 25.5 Å². The zero-order chi connectivity index (χ0) is 30.2. The lowest BCUT2D eigenvalue weighted by molar-refractivity contribution is -0.122. The molecule has 0 aliphatic carbocycles. The number of hydrogen-bond acceptors (Lipinski definition) is 7. The summed E-state index contributed by atoms with van der Waals surface area (Å²) in [4.78, 5) is 42.1. The third-order valence-electron chi connectivity index (χ3n) is 9.88. The van der Waals surface area contributed by atoms with Gasteiger partial charge >= 0.3 is 0 Å². The van der Waals surface area contributed by atoms with Crippen LogP contribution in [0.5, 0.6) is 5.75 Å². The zero-order valence-corrected chi connectivity index (χ0v) is 25.2. The number of nitrogens with zero attached hydrogens (tertiary/aromatic N) is 5. The third kappa shape index (κ3) is 5.88. The molecule has 4 aliphatic heterocycles. The molecule has 4 atom stereocenters. The molecule has 2 saturated heterocycles. The molecular weight excluding hydrogens is 556 g/mol. The van der Waals surface area contributed by atoms with E-state index < -0.39 is 0 Å². The van der Waals surface area contributed by atoms with Crippen molar-refractivity contribution >= 4 is 12.1 Å². The van der Waals surface area contributed by atoms with Crippen LogP contribution >= 0.6 is 0 Å². The first-order valence-electron chi connectivity index (χ1n) is 15.8. The van der Waals surface area contributed by atoms with Crippen molar-refractivity contribution < 1.29 is 9.53 Å². The number of hydrazone groups is 1. The molecule has 4 bridgehead atoms. The highest BCUT2D eigenvalue weighted by atomic mass is 16.5. The summed E-state index contributed by atoms with van der Waals surface area (Å²) in [5, 5.41) is 4.26. The van der Waals surface area contributed by atoms with Crippen molar-refractivity contribution in [2.45, 2.75) is 44.2 Å². The molecule has 230 valence electrons. The van der Waals surface area contributed by atoms with Crippen molar-refractivity contribution in [2.24, 2.45) is 16.9 Å². The lowest BCUT2D eigenvalue weighted by Gasteiger charge is -2.42. The van der Waals surface area contributed by atoms with Crippen LogP contribution in [0.15, 0.2) is 69.3 Å². The van der Waals surface area contributed by atoms with Gasteiger partial charge in [-0.05, 0) is 72.6 Å². The maximum Gasteiger partial charge on any atom is 0.254 e. The van der Waals surface area contributed by atoms with Gasteiger partial charge in [-0.1, -0.05) is 12.1 Å². The molecule has 1 amide bonds. The van der Waals surface area contributed by atoms with E-state index in [2.05, 4.69) is 32.5 Å². The predicted molar refractivity (Wildman–Crippen MR) is 168 cm³/mol. The fourth-order valence-electron chi connectivity index (χ4n) is 8.07. The van der Waals surface area contributed by atoms with Crippen molar-refractivity contribution in [1.82, 2.24) is 24.4 Å². The van der Waals surface area contributed by atoms with Crippen LogP contribution in [-0.4, -0.2) is 77.4 Å². The number of nitrogens with one attached hydrogen (secondary N) is 1. The Balaban J connectivity index is 0.937.